The van der Waals surface area contributed by atoms with Crippen molar-refractivity contribution in [3.05, 3.63) is 58.6 Å². The van der Waals surface area contributed by atoms with Crippen molar-refractivity contribution >= 4 is 29.1 Å². The normalized spacial score (nSPS) is 10.3. The van der Waals surface area contributed by atoms with Gasteiger partial charge >= 0.3 is 0 Å². The molecule has 0 unspecified atom stereocenters. The molecule has 0 aliphatic rings. The maximum atomic E-state index is 12.3. The molecule has 0 bridgehead atoms. The minimum atomic E-state index is -0.218. The zero-order chi connectivity index (χ0) is 19.1. The average Bonchev–Trinajstić information content (AvgIpc) is 2.60. The molecule has 5 nitrogen and oxygen atoms in total. The third-order valence-electron chi connectivity index (χ3n) is 4.04. The standard InChI is InChI=1S/C20H23ClN2O3/c1-14-12-17(21)8-9-18(14)23(15(2)24)13-20(25)22-11-10-16-6-4-5-7-19(16)26-3/h4-9,12H,10-11,13H2,1-3H3,(H,22,25). The molecular weight excluding hydrogens is 352 g/mol. The molecule has 138 valence electrons. The van der Waals surface area contributed by atoms with Crippen molar-refractivity contribution in [1.29, 1.82) is 0 Å². The van der Waals surface area contributed by atoms with Gasteiger partial charge in [0.1, 0.15) is 12.3 Å². The Bertz CT molecular complexity index is 792. The SMILES string of the molecule is COc1ccccc1CCNC(=O)CN(C(C)=O)c1ccc(Cl)cc1C. The molecule has 0 fully saturated rings. The van der Waals surface area contributed by atoms with Gasteiger partial charge in [0.25, 0.3) is 0 Å². The number of nitrogens with one attached hydrogen (secondary N) is 1. The molecule has 0 spiro atoms. The van der Waals surface area contributed by atoms with Crippen molar-refractivity contribution < 1.29 is 14.3 Å². The highest BCUT2D eigenvalue weighted by Gasteiger charge is 2.17. The fourth-order valence-electron chi connectivity index (χ4n) is 2.73. The van der Waals surface area contributed by atoms with Crippen LogP contribution in [0.15, 0.2) is 42.5 Å². The highest BCUT2D eigenvalue weighted by atomic mass is 35.5. The number of carbonyl (C=O) groups is 2. The molecule has 0 aliphatic heterocycles. The van der Waals surface area contributed by atoms with Crippen molar-refractivity contribution in [1.82, 2.24) is 5.32 Å². The van der Waals surface area contributed by atoms with E-state index in [2.05, 4.69) is 5.32 Å². The topological polar surface area (TPSA) is 58.6 Å². The van der Waals surface area contributed by atoms with Crippen molar-refractivity contribution in [3.8, 4) is 5.75 Å². The molecule has 2 aromatic rings. The van der Waals surface area contributed by atoms with Gasteiger partial charge in [-0.05, 0) is 48.7 Å². The Morgan fingerprint density at radius 3 is 2.58 bits per heavy atom. The lowest BCUT2D eigenvalue weighted by Gasteiger charge is -2.22. The monoisotopic (exact) mass is 374 g/mol. The van der Waals surface area contributed by atoms with Gasteiger partial charge in [-0.25, -0.2) is 0 Å². The second-order valence-corrected chi connectivity index (χ2v) is 6.38. The molecule has 0 saturated carbocycles. The van der Waals surface area contributed by atoms with E-state index in [9.17, 15) is 9.59 Å². The number of para-hydroxylation sites is 1. The van der Waals surface area contributed by atoms with E-state index in [0.717, 1.165) is 16.9 Å². The predicted octanol–water partition coefficient (Wildman–Crippen LogP) is 3.37. The second-order valence-electron chi connectivity index (χ2n) is 5.95. The number of rotatable bonds is 7. The summed E-state index contributed by atoms with van der Waals surface area (Å²) in [5.41, 5.74) is 2.54. The third kappa shape index (κ3) is 5.23. The number of benzene rings is 2. The number of hydrogen-bond acceptors (Lipinski definition) is 3. The fraction of sp³-hybridized carbons (Fsp3) is 0.300. The molecule has 2 amide bonds. The molecule has 2 rings (SSSR count). The number of anilines is 1. The van der Waals surface area contributed by atoms with Crippen LogP contribution in [0.5, 0.6) is 5.75 Å². The summed E-state index contributed by atoms with van der Waals surface area (Å²) in [5.74, 6) is 0.378. The lowest BCUT2D eigenvalue weighted by atomic mass is 10.1. The summed E-state index contributed by atoms with van der Waals surface area (Å²) in [6, 6.07) is 12.9. The summed E-state index contributed by atoms with van der Waals surface area (Å²) in [5, 5.41) is 3.45. The molecule has 2 aromatic carbocycles. The van der Waals surface area contributed by atoms with Gasteiger partial charge in [-0.15, -0.1) is 0 Å². The smallest absolute Gasteiger partial charge is 0.240 e. The van der Waals surface area contributed by atoms with E-state index in [0.29, 0.717) is 23.7 Å². The minimum absolute atomic E-state index is 0.0380. The molecule has 6 heteroatoms. The number of aryl methyl sites for hydroxylation is 1. The number of carbonyl (C=O) groups excluding carboxylic acids is 2. The number of hydrogen-bond donors (Lipinski definition) is 1. The van der Waals surface area contributed by atoms with Crippen LogP contribution in [0, 0.1) is 6.92 Å². The van der Waals surface area contributed by atoms with Crippen LogP contribution in [-0.2, 0) is 16.0 Å². The highest BCUT2D eigenvalue weighted by Crippen LogP contribution is 2.23. The Labute approximate surface area is 158 Å². The molecule has 26 heavy (non-hydrogen) atoms. The molecule has 0 aromatic heterocycles. The largest absolute Gasteiger partial charge is 0.496 e. The predicted molar refractivity (Wildman–Crippen MR) is 104 cm³/mol. The third-order valence-corrected chi connectivity index (χ3v) is 4.28. The van der Waals surface area contributed by atoms with Crippen molar-refractivity contribution in [3.63, 3.8) is 0 Å². The second kappa shape index (κ2) is 9.25. The Morgan fingerprint density at radius 2 is 1.92 bits per heavy atom. The van der Waals surface area contributed by atoms with Gasteiger partial charge in [-0.2, -0.15) is 0 Å². The van der Waals surface area contributed by atoms with Crippen LogP contribution in [-0.4, -0.2) is 32.0 Å². The quantitative estimate of drug-likeness (QED) is 0.808. The summed E-state index contributed by atoms with van der Waals surface area (Å²) >= 11 is 5.97. The van der Waals surface area contributed by atoms with Gasteiger partial charge in [0, 0.05) is 24.2 Å². The van der Waals surface area contributed by atoms with E-state index < -0.39 is 0 Å². The van der Waals surface area contributed by atoms with Crippen LogP contribution >= 0.6 is 11.6 Å². The molecule has 0 heterocycles. The van der Waals surface area contributed by atoms with Crippen LogP contribution < -0.4 is 15.0 Å². The van der Waals surface area contributed by atoms with E-state index in [1.54, 1.807) is 25.3 Å². The molecule has 0 aliphatic carbocycles. The van der Waals surface area contributed by atoms with E-state index >= 15 is 0 Å². The number of nitrogens with zero attached hydrogens (tertiary/aromatic N) is 1. The van der Waals surface area contributed by atoms with Crippen LogP contribution in [0.1, 0.15) is 18.1 Å². The molecule has 0 saturated heterocycles. The molecule has 0 radical (unpaired) electrons. The lowest BCUT2D eigenvalue weighted by molar-refractivity contribution is -0.123. The highest BCUT2D eigenvalue weighted by molar-refractivity contribution is 6.30. The fourth-order valence-corrected chi connectivity index (χ4v) is 2.96. The first-order valence-electron chi connectivity index (χ1n) is 8.35. The summed E-state index contributed by atoms with van der Waals surface area (Å²) in [7, 11) is 1.62. The molecule has 1 N–H and O–H groups in total. The van der Waals surface area contributed by atoms with Gasteiger partial charge in [0.2, 0.25) is 11.8 Å². The number of halogens is 1. The Balaban J connectivity index is 1.97. The van der Waals surface area contributed by atoms with Crippen molar-refractivity contribution in [2.24, 2.45) is 0 Å². The maximum absolute atomic E-state index is 12.3. The minimum Gasteiger partial charge on any atom is -0.496 e. The van der Waals surface area contributed by atoms with Crippen LogP contribution in [0.25, 0.3) is 0 Å². The van der Waals surface area contributed by atoms with Gasteiger partial charge in [-0.3, -0.25) is 9.59 Å². The first-order valence-corrected chi connectivity index (χ1v) is 8.73. The van der Waals surface area contributed by atoms with Crippen LogP contribution in [0.3, 0.4) is 0 Å². The number of ether oxygens (including phenoxy) is 1. The molecular formula is C20H23ClN2O3. The zero-order valence-electron chi connectivity index (χ0n) is 15.2. The van der Waals surface area contributed by atoms with E-state index in [1.165, 1.54) is 11.8 Å². The summed E-state index contributed by atoms with van der Waals surface area (Å²) in [6.45, 7) is 3.72. The summed E-state index contributed by atoms with van der Waals surface area (Å²) < 4.78 is 5.30. The van der Waals surface area contributed by atoms with E-state index in [1.807, 2.05) is 31.2 Å². The first kappa shape index (κ1) is 19.8. The first-order chi connectivity index (χ1) is 12.4. The number of methoxy groups -OCH3 is 1. The van der Waals surface area contributed by atoms with Gasteiger partial charge in [0.05, 0.1) is 7.11 Å². The Kier molecular flexibility index (Phi) is 7.04. The van der Waals surface area contributed by atoms with Crippen LogP contribution in [0.2, 0.25) is 5.02 Å². The Morgan fingerprint density at radius 1 is 1.19 bits per heavy atom. The average molecular weight is 375 g/mol. The Hall–Kier alpha value is -2.53. The molecule has 0 atom stereocenters. The summed E-state index contributed by atoms with van der Waals surface area (Å²) in [6.07, 6.45) is 0.649. The maximum Gasteiger partial charge on any atom is 0.240 e. The number of amides is 2. The van der Waals surface area contributed by atoms with Gasteiger partial charge in [0.15, 0.2) is 0 Å². The lowest BCUT2D eigenvalue weighted by Crippen LogP contribution is -2.40. The van der Waals surface area contributed by atoms with Crippen LogP contribution in [0.4, 0.5) is 5.69 Å². The van der Waals surface area contributed by atoms with Crippen molar-refractivity contribution in [2.45, 2.75) is 20.3 Å². The van der Waals surface area contributed by atoms with Crippen molar-refractivity contribution in [2.75, 3.05) is 25.1 Å². The van der Waals surface area contributed by atoms with Gasteiger partial charge in [-0.1, -0.05) is 29.8 Å². The van der Waals surface area contributed by atoms with E-state index in [-0.39, 0.29) is 18.4 Å². The summed E-state index contributed by atoms with van der Waals surface area (Å²) in [4.78, 5) is 25.7. The zero-order valence-corrected chi connectivity index (χ0v) is 16.0. The van der Waals surface area contributed by atoms with E-state index in [4.69, 9.17) is 16.3 Å². The van der Waals surface area contributed by atoms with Gasteiger partial charge < -0.3 is 15.0 Å².